The van der Waals surface area contributed by atoms with Crippen LogP contribution >= 0.6 is 24.0 Å². The molecular formula is C23H29F3IN5O. The fourth-order valence-electron chi connectivity index (χ4n) is 4.20. The number of hydrogen-bond donors (Lipinski definition) is 2. The van der Waals surface area contributed by atoms with Crippen LogP contribution in [0.1, 0.15) is 36.4 Å². The molecule has 33 heavy (non-hydrogen) atoms. The number of halogens is 4. The van der Waals surface area contributed by atoms with Crippen molar-refractivity contribution in [2.24, 2.45) is 4.99 Å². The number of benzene rings is 1. The van der Waals surface area contributed by atoms with Crippen LogP contribution in [0.15, 0.2) is 53.7 Å². The van der Waals surface area contributed by atoms with Gasteiger partial charge >= 0.3 is 6.36 Å². The summed E-state index contributed by atoms with van der Waals surface area (Å²) in [6, 6.07) is 12.7. The number of aromatic nitrogens is 1. The van der Waals surface area contributed by atoms with Crippen LogP contribution in [0.3, 0.4) is 0 Å². The number of rotatable bonds is 6. The van der Waals surface area contributed by atoms with E-state index >= 15 is 0 Å². The van der Waals surface area contributed by atoms with Gasteiger partial charge in [0.05, 0.1) is 5.69 Å². The van der Waals surface area contributed by atoms with Gasteiger partial charge in [-0.1, -0.05) is 24.3 Å². The number of aliphatic imine (C=N–C) groups is 1. The molecule has 1 saturated heterocycles. The van der Waals surface area contributed by atoms with Crippen molar-refractivity contribution in [1.82, 2.24) is 20.5 Å². The number of nitrogens with zero attached hydrogens (tertiary/aromatic N) is 3. The third-order valence-electron chi connectivity index (χ3n) is 5.92. The Kier molecular flexibility index (Phi) is 8.80. The SMILES string of the molecule is CN=C(NC1CCN(Cc2ccccn2)CC1)NC1CC1c1ccccc1OC(F)(F)F.I. The van der Waals surface area contributed by atoms with Gasteiger partial charge in [-0.15, -0.1) is 37.1 Å². The molecular weight excluding hydrogens is 546 g/mol. The van der Waals surface area contributed by atoms with E-state index in [0.29, 0.717) is 17.6 Å². The van der Waals surface area contributed by atoms with Gasteiger partial charge in [-0.25, -0.2) is 0 Å². The number of pyridine rings is 1. The second-order valence-electron chi connectivity index (χ2n) is 8.27. The van der Waals surface area contributed by atoms with Gasteiger partial charge in [0.15, 0.2) is 5.96 Å². The summed E-state index contributed by atoms with van der Waals surface area (Å²) in [5, 5.41) is 6.83. The molecule has 0 spiro atoms. The van der Waals surface area contributed by atoms with Gasteiger partial charge in [0.25, 0.3) is 0 Å². The molecule has 0 bridgehead atoms. The number of nitrogens with one attached hydrogen (secondary N) is 2. The van der Waals surface area contributed by atoms with E-state index in [0.717, 1.165) is 44.6 Å². The molecule has 2 aromatic rings. The van der Waals surface area contributed by atoms with Gasteiger partial charge in [-0.05, 0) is 43.0 Å². The lowest BCUT2D eigenvalue weighted by molar-refractivity contribution is -0.274. The fraction of sp³-hybridized carbons (Fsp3) is 0.478. The highest BCUT2D eigenvalue weighted by Crippen LogP contribution is 2.45. The molecule has 4 rings (SSSR count). The van der Waals surface area contributed by atoms with E-state index in [1.165, 1.54) is 6.07 Å². The first-order valence-corrected chi connectivity index (χ1v) is 10.9. The quantitative estimate of drug-likeness (QED) is 0.306. The van der Waals surface area contributed by atoms with Crippen LogP contribution in [0.5, 0.6) is 5.75 Å². The van der Waals surface area contributed by atoms with Crippen LogP contribution in [-0.2, 0) is 6.54 Å². The van der Waals surface area contributed by atoms with Crippen LogP contribution in [0, 0.1) is 0 Å². The Labute approximate surface area is 209 Å². The van der Waals surface area contributed by atoms with E-state index in [1.54, 1.807) is 25.2 Å². The average molecular weight is 575 g/mol. The van der Waals surface area contributed by atoms with Crippen LogP contribution in [0.2, 0.25) is 0 Å². The summed E-state index contributed by atoms with van der Waals surface area (Å²) in [6.07, 6.45) is -0.162. The lowest BCUT2D eigenvalue weighted by atomic mass is 10.0. The molecule has 2 heterocycles. The van der Waals surface area contributed by atoms with Gasteiger partial charge in [0.1, 0.15) is 5.75 Å². The van der Waals surface area contributed by atoms with Crippen molar-refractivity contribution < 1.29 is 17.9 Å². The molecule has 0 amide bonds. The van der Waals surface area contributed by atoms with Crippen LogP contribution in [0.4, 0.5) is 13.2 Å². The number of alkyl halides is 3. The minimum Gasteiger partial charge on any atom is -0.405 e. The van der Waals surface area contributed by atoms with Crippen LogP contribution in [-0.4, -0.2) is 54.4 Å². The Balaban J connectivity index is 0.00000306. The Bertz CT molecular complexity index is 920. The van der Waals surface area contributed by atoms with E-state index < -0.39 is 6.36 Å². The molecule has 2 unspecified atom stereocenters. The van der Waals surface area contributed by atoms with E-state index in [2.05, 4.69) is 30.2 Å². The topological polar surface area (TPSA) is 61.8 Å². The zero-order valence-electron chi connectivity index (χ0n) is 18.4. The minimum atomic E-state index is -4.70. The molecule has 2 atom stereocenters. The van der Waals surface area contributed by atoms with Crippen LogP contribution < -0.4 is 15.4 Å². The largest absolute Gasteiger partial charge is 0.573 e. The third-order valence-corrected chi connectivity index (χ3v) is 5.92. The normalized spacial score (nSPS) is 21.8. The number of likely N-dealkylation sites (tertiary alicyclic amines) is 1. The molecule has 2 N–H and O–H groups in total. The molecule has 10 heteroatoms. The number of piperidine rings is 1. The summed E-state index contributed by atoms with van der Waals surface area (Å²) in [7, 11) is 1.71. The number of ether oxygens (including phenoxy) is 1. The molecule has 1 saturated carbocycles. The molecule has 2 fully saturated rings. The standard InChI is InChI=1S/C23H28F3N5O.HI/c1-27-22(29-16-9-12-31(13-10-16)15-17-6-4-5-11-28-17)30-20-14-19(20)18-7-2-3-8-21(18)32-23(24,25)26;/h2-8,11,16,19-20H,9-10,12-15H2,1H3,(H2,27,29,30);1H. The molecule has 1 aromatic heterocycles. The van der Waals surface area contributed by atoms with E-state index in [-0.39, 0.29) is 41.7 Å². The second kappa shape index (κ2) is 11.4. The maximum atomic E-state index is 12.7. The van der Waals surface area contributed by atoms with Crippen LogP contribution in [0.25, 0.3) is 0 Å². The van der Waals surface area contributed by atoms with Crippen molar-refractivity contribution in [2.75, 3.05) is 20.1 Å². The summed E-state index contributed by atoms with van der Waals surface area (Å²) in [6.45, 7) is 2.79. The number of guanidine groups is 1. The zero-order valence-corrected chi connectivity index (χ0v) is 20.7. The van der Waals surface area contributed by atoms with Crippen molar-refractivity contribution in [2.45, 2.75) is 50.2 Å². The average Bonchev–Trinajstić information content (AvgIpc) is 3.53. The molecule has 2 aliphatic rings. The monoisotopic (exact) mass is 575 g/mol. The van der Waals surface area contributed by atoms with Gasteiger partial charge in [0.2, 0.25) is 0 Å². The maximum Gasteiger partial charge on any atom is 0.573 e. The first-order valence-electron chi connectivity index (χ1n) is 10.9. The third kappa shape index (κ3) is 7.46. The van der Waals surface area contributed by atoms with Crippen molar-refractivity contribution in [3.63, 3.8) is 0 Å². The van der Waals surface area contributed by atoms with Crippen molar-refractivity contribution >= 4 is 29.9 Å². The Morgan fingerprint density at radius 3 is 2.52 bits per heavy atom. The Hall–Kier alpha value is -2.08. The summed E-state index contributed by atoms with van der Waals surface area (Å²) in [4.78, 5) is 11.1. The molecule has 1 aliphatic carbocycles. The van der Waals surface area contributed by atoms with Crippen molar-refractivity contribution in [3.8, 4) is 5.75 Å². The molecule has 6 nitrogen and oxygen atoms in total. The predicted molar refractivity (Wildman–Crippen MR) is 132 cm³/mol. The maximum absolute atomic E-state index is 12.7. The minimum absolute atomic E-state index is 0. The number of para-hydroxylation sites is 1. The fourth-order valence-corrected chi connectivity index (χ4v) is 4.20. The first-order chi connectivity index (χ1) is 15.4. The van der Waals surface area contributed by atoms with E-state index in [9.17, 15) is 13.2 Å². The predicted octanol–water partition coefficient (Wildman–Crippen LogP) is 4.28. The Morgan fingerprint density at radius 2 is 1.85 bits per heavy atom. The van der Waals surface area contributed by atoms with E-state index in [1.807, 2.05) is 24.4 Å². The molecule has 1 aliphatic heterocycles. The van der Waals surface area contributed by atoms with Crippen molar-refractivity contribution in [3.05, 3.63) is 59.9 Å². The lowest BCUT2D eigenvalue weighted by Gasteiger charge is -2.32. The summed E-state index contributed by atoms with van der Waals surface area (Å²) in [5.74, 6) is 0.528. The Morgan fingerprint density at radius 1 is 1.12 bits per heavy atom. The smallest absolute Gasteiger partial charge is 0.405 e. The number of hydrogen-bond acceptors (Lipinski definition) is 4. The highest BCUT2D eigenvalue weighted by Gasteiger charge is 2.42. The van der Waals surface area contributed by atoms with E-state index in [4.69, 9.17) is 0 Å². The summed E-state index contributed by atoms with van der Waals surface area (Å²) in [5.41, 5.74) is 1.64. The molecule has 0 radical (unpaired) electrons. The van der Waals surface area contributed by atoms with Gasteiger partial charge in [-0.2, -0.15) is 0 Å². The van der Waals surface area contributed by atoms with Crippen molar-refractivity contribution in [1.29, 1.82) is 0 Å². The van der Waals surface area contributed by atoms with Gasteiger partial charge < -0.3 is 15.4 Å². The van der Waals surface area contributed by atoms with Gasteiger partial charge in [-0.3, -0.25) is 14.9 Å². The lowest BCUT2D eigenvalue weighted by Crippen LogP contribution is -2.49. The first kappa shape index (κ1) is 25.5. The molecule has 1 aromatic carbocycles. The summed E-state index contributed by atoms with van der Waals surface area (Å²) >= 11 is 0. The summed E-state index contributed by atoms with van der Waals surface area (Å²) < 4.78 is 42.3. The zero-order chi connectivity index (χ0) is 22.6. The molecule has 180 valence electrons. The highest BCUT2D eigenvalue weighted by atomic mass is 127. The highest BCUT2D eigenvalue weighted by molar-refractivity contribution is 14.0. The van der Waals surface area contributed by atoms with Gasteiger partial charge in [0, 0.05) is 50.9 Å². The second-order valence-corrected chi connectivity index (χ2v) is 8.27.